The number of hydrogen-bond acceptors (Lipinski definition) is 5. The lowest BCUT2D eigenvalue weighted by atomic mass is 9.80. The van der Waals surface area contributed by atoms with E-state index in [1.165, 1.54) is 16.7 Å². The molecule has 6 nitrogen and oxygen atoms in total. The van der Waals surface area contributed by atoms with Crippen LogP contribution in [0, 0.1) is 5.92 Å². The summed E-state index contributed by atoms with van der Waals surface area (Å²) < 4.78 is 17.8. The summed E-state index contributed by atoms with van der Waals surface area (Å²) in [6.07, 6.45) is 4.95. The number of aromatic nitrogens is 4. The standard InChI is InChI=1S/C46H45ClN4O2Si/c1-45(2,3)54(37-25-15-7-16-26-37,38-27-17-8-18-28-38)53-41-30-29-40(51-33-50-42-43(47)48-32-49-44(42)51)39(41)31-52-46(34-19-9-4-10-20-34,35-21-11-5-12-22-35)36-23-13-6-14-24-36/h4-28,32-33,39-41H,29-31H2,1-3H3/t39-,40-,41-/m0/s1. The van der Waals surface area contributed by atoms with E-state index in [9.17, 15) is 0 Å². The maximum atomic E-state index is 7.96. The Morgan fingerprint density at radius 1 is 0.648 bits per heavy atom. The third-order valence-electron chi connectivity index (χ3n) is 11.2. The molecule has 2 heterocycles. The third kappa shape index (κ3) is 6.39. The Bertz CT molecular complexity index is 2150. The first-order chi connectivity index (χ1) is 26.3. The fourth-order valence-electron chi connectivity index (χ4n) is 8.70. The number of rotatable bonds is 11. The molecule has 2 aromatic heterocycles. The van der Waals surface area contributed by atoms with Gasteiger partial charge in [-0.1, -0.05) is 184 Å². The zero-order chi connectivity index (χ0) is 37.2. The topological polar surface area (TPSA) is 62.1 Å². The van der Waals surface area contributed by atoms with Gasteiger partial charge in [-0.15, -0.1) is 0 Å². The molecule has 0 bridgehead atoms. The fraction of sp³-hybridized carbons (Fsp3) is 0.239. The average molecular weight is 749 g/mol. The van der Waals surface area contributed by atoms with Crippen molar-refractivity contribution in [1.82, 2.24) is 19.5 Å². The molecule has 1 saturated carbocycles. The third-order valence-corrected chi connectivity index (χ3v) is 16.5. The van der Waals surface area contributed by atoms with E-state index in [4.69, 9.17) is 30.7 Å². The van der Waals surface area contributed by atoms with Gasteiger partial charge in [0.05, 0.1) is 19.0 Å². The van der Waals surface area contributed by atoms with Crippen molar-refractivity contribution in [2.24, 2.45) is 5.92 Å². The van der Waals surface area contributed by atoms with Gasteiger partial charge in [0.2, 0.25) is 0 Å². The number of nitrogens with zero attached hydrogens (tertiary/aromatic N) is 4. The Hall–Kier alpha value is -4.92. The summed E-state index contributed by atoms with van der Waals surface area (Å²) in [6.45, 7) is 7.42. The van der Waals surface area contributed by atoms with Gasteiger partial charge in [-0.25, -0.2) is 15.0 Å². The first-order valence-electron chi connectivity index (χ1n) is 18.8. The highest BCUT2D eigenvalue weighted by molar-refractivity contribution is 6.99. The number of hydrogen-bond donors (Lipinski definition) is 0. The monoisotopic (exact) mass is 748 g/mol. The molecule has 0 unspecified atom stereocenters. The van der Waals surface area contributed by atoms with Crippen LogP contribution in [-0.4, -0.2) is 40.5 Å². The summed E-state index contributed by atoms with van der Waals surface area (Å²) in [4.78, 5) is 13.6. The molecular formula is C46H45ClN4O2Si. The molecule has 8 heteroatoms. The molecule has 3 atom stereocenters. The van der Waals surface area contributed by atoms with E-state index in [1.54, 1.807) is 0 Å². The zero-order valence-electron chi connectivity index (χ0n) is 30.9. The van der Waals surface area contributed by atoms with Gasteiger partial charge in [0.15, 0.2) is 10.8 Å². The lowest BCUT2D eigenvalue weighted by Gasteiger charge is -2.46. The van der Waals surface area contributed by atoms with Gasteiger partial charge in [0.25, 0.3) is 8.32 Å². The molecule has 0 aliphatic heterocycles. The predicted molar refractivity (Wildman–Crippen MR) is 220 cm³/mol. The second-order valence-electron chi connectivity index (χ2n) is 15.2. The van der Waals surface area contributed by atoms with Crippen LogP contribution < -0.4 is 10.4 Å². The number of imidazole rings is 1. The first kappa shape index (κ1) is 36.1. The Morgan fingerprint density at radius 2 is 1.13 bits per heavy atom. The quantitative estimate of drug-likeness (QED) is 0.0750. The average Bonchev–Trinajstić information content (AvgIpc) is 3.83. The molecule has 0 spiro atoms. The van der Waals surface area contributed by atoms with Crippen LogP contribution in [0.2, 0.25) is 10.2 Å². The summed E-state index contributed by atoms with van der Waals surface area (Å²) in [6, 6.07) is 53.5. The molecule has 8 rings (SSSR count). The van der Waals surface area contributed by atoms with E-state index in [0.29, 0.717) is 17.3 Å². The van der Waals surface area contributed by atoms with Gasteiger partial charge in [0.1, 0.15) is 17.4 Å². The molecule has 272 valence electrons. The molecule has 1 aliphatic rings. The molecule has 0 N–H and O–H groups in total. The van der Waals surface area contributed by atoms with Crippen LogP contribution in [0.25, 0.3) is 11.2 Å². The Balaban J connectivity index is 1.29. The van der Waals surface area contributed by atoms with Crippen LogP contribution in [-0.2, 0) is 14.8 Å². The van der Waals surface area contributed by atoms with Crippen molar-refractivity contribution < 1.29 is 9.16 Å². The number of fused-ring (bicyclic) bond motifs is 1. The van der Waals surface area contributed by atoms with E-state index in [1.807, 2.05) is 6.33 Å². The summed E-state index contributed by atoms with van der Waals surface area (Å²) in [5, 5.41) is 2.67. The highest BCUT2D eigenvalue weighted by Gasteiger charge is 2.54. The van der Waals surface area contributed by atoms with Gasteiger partial charge in [0, 0.05) is 12.0 Å². The van der Waals surface area contributed by atoms with Crippen LogP contribution in [0.3, 0.4) is 0 Å². The van der Waals surface area contributed by atoms with Crippen molar-refractivity contribution in [3.63, 3.8) is 0 Å². The lowest BCUT2D eigenvalue weighted by Crippen LogP contribution is -2.68. The summed E-state index contributed by atoms with van der Waals surface area (Å²) >= 11 is 6.57. The SMILES string of the molecule is CC(C)(C)[Si](O[C@H]1CC[C@H](n2cnc3c(Cl)ncnc32)[C@@H]1COC(c1ccccc1)(c1ccccc1)c1ccccc1)(c1ccccc1)c1ccccc1. The minimum Gasteiger partial charge on any atom is -0.404 e. The molecule has 0 saturated heterocycles. The molecule has 1 aliphatic carbocycles. The molecule has 5 aromatic carbocycles. The summed E-state index contributed by atoms with van der Waals surface area (Å²) in [7, 11) is -2.93. The van der Waals surface area contributed by atoms with Crippen LogP contribution in [0.4, 0.5) is 0 Å². The maximum Gasteiger partial charge on any atom is 0.261 e. The Morgan fingerprint density at radius 3 is 1.61 bits per heavy atom. The highest BCUT2D eigenvalue weighted by atomic mass is 35.5. The van der Waals surface area contributed by atoms with Gasteiger partial charge in [-0.05, 0) is 44.9 Å². The van der Waals surface area contributed by atoms with E-state index in [-0.39, 0.29) is 23.1 Å². The number of halogens is 1. The molecule has 54 heavy (non-hydrogen) atoms. The van der Waals surface area contributed by atoms with Crippen molar-refractivity contribution >= 4 is 41.5 Å². The van der Waals surface area contributed by atoms with E-state index < -0.39 is 13.9 Å². The molecule has 7 aromatic rings. The number of ether oxygens (including phenoxy) is 1. The maximum absolute atomic E-state index is 7.96. The Labute approximate surface area is 324 Å². The Kier molecular flexibility index (Phi) is 10.1. The molecular weight excluding hydrogens is 704 g/mol. The second kappa shape index (κ2) is 15.1. The lowest BCUT2D eigenvalue weighted by molar-refractivity contribution is -0.0347. The van der Waals surface area contributed by atoms with Crippen LogP contribution in [0.15, 0.2) is 164 Å². The van der Waals surface area contributed by atoms with Crippen molar-refractivity contribution in [2.75, 3.05) is 6.61 Å². The minimum atomic E-state index is -2.93. The summed E-state index contributed by atoms with van der Waals surface area (Å²) in [5.41, 5.74) is 3.62. The smallest absolute Gasteiger partial charge is 0.261 e. The van der Waals surface area contributed by atoms with Crippen LogP contribution >= 0.6 is 11.6 Å². The second-order valence-corrected chi connectivity index (χ2v) is 19.8. The van der Waals surface area contributed by atoms with Crippen LogP contribution in [0.5, 0.6) is 0 Å². The number of benzene rings is 5. The van der Waals surface area contributed by atoms with Gasteiger partial charge in [-0.3, -0.25) is 0 Å². The van der Waals surface area contributed by atoms with Crippen molar-refractivity contribution in [3.05, 3.63) is 186 Å². The largest absolute Gasteiger partial charge is 0.404 e. The normalized spacial score (nSPS) is 17.9. The van der Waals surface area contributed by atoms with Gasteiger partial charge >= 0.3 is 0 Å². The first-order valence-corrected chi connectivity index (χ1v) is 21.0. The minimum absolute atomic E-state index is 0.0239. The highest BCUT2D eigenvalue weighted by Crippen LogP contribution is 2.47. The van der Waals surface area contributed by atoms with E-state index in [2.05, 4.69) is 182 Å². The van der Waals surface area contributed by atoms with E-state index in [0.717, 1.165) is 35.2 Å². The van der Waals surface area contributed by atoms with Crippen molar-refractivity contribution in [3.8, 4) is 0 Å². The zero-order valence-corrected chi connectivity index (χ0v) is 32.7. The molecule has 0 amide bonds. The van der Waals surface area contributed by atoms with Crippen molar-refractivity contribution in [1.29, 1.82) is 0 Å². The molecule has 1 fully saturated rings. The van der Waals surface area contributed by atoms with Gasteiger partial charge < -0.3 is 13.7 Å². The predicted octanol–water partition coefficient (Wildman–Crippen LogP) is 9.38. The summed E-state index contributed by atoms with van der Waals surface area (Å²) in [5.74, 6) is -0.0756. The van der Waals surface area contributed by atoms with Crippen molar-refractivity contribution in [2.45, 2.75) is 56.4 Å². The fourth-order valence-corrected chi connectivity index (χ4v) is 13.6. The van der Waals surface area contributed by atoms with Crippen LogP contribution in [0.1, 0.15) is 56.3 Å². The molecule has 0 radical (unpaired) electrons. The van der Waals surface area contributed by atoms with Gasteiger partial charge in [-0.2, -0.15) is 0 Å². The van der Waals surface area contributed by atoms with E-state index >= 15 is 0 Å².